The van der Waals surface area contributed by atoms with Gasteiger partial charge < -0.3 is 10.2 Å². The normalized spacial score (nSPS) is 32.5. The molecule has 1 saturated carbocycles. The smallest absolute Gasteiger partial charge is 0.228 e. The third kappa shape index (κ3) is 1.57. The van der Waals surface area contributed by atoms with Gasteiger partial charge in [-0.3, -0.25) is 4.79 Å². The number of hydrogen-bond donors (Lipinski definition) is 1. The molecule has 0 spiro atoms. The van der Waals surface area contributed by atoms with E-state index in [1.807, 2.05) is 0 Å². The fourth-order valence-electron chi connectivity index (χ4n) is 3.08. The van der Waals surface area contributed by atoms with Gasteiger partial charge in [0.2, 0.25) is 5.91 Å². The largest absolute Gasteiger partial charge is 0.339 e. The Morgan fingerprint density at radius 2 is 1.93 bits per heavy atom. The molecule has 1 N–H and O–H groups in total. The Balaban J connectivity index is 1.64. The van der Waals surface area contributed by atoms with E-state index in [0.29, 0.717) is 17.9 Å². The van der Waals surface area contributed by atoms with Crippen molar-refractivity contribution in [3.63, 3.8) is 0 Å². The van der Waals surface area contributed by atoms with E-state index in [2.05, 4.69) is 10.2 Å². The lowest BCUT2D eigenvalue weighted by molar-refractivity contribution is -0.139. The maximum absolute atomic E-state index is 12.2. The second-order valence-corrected chi connectivity index (χ2v) is 5.29. The van der Waals surface area contributed by atoms with Gasteiger partial charge in [0.25, 0.3) is 0 Å². The van der Waals surface area contributed by atoms with Crippen LogP contribution in [0.15, 0.2) is 0 Å². The van der Waals surface area contributed by atoms with Gasteiger partial charge >= 0.3 is 0 Å². The molecule has 2 saturated heterocycles. The van der Waals surface area contributed by atoms with Gasteiger partial charge in [0.15, 0.2) is 0 Å². The van der Waals surface area contributed by atoms with Crippen LogP contribution in [0.1, 0.15) is 32.1 Å². The zero-order chi connectivity index (χ0) is 10.3. The van der Waals surface area contributed by atoms with Crippen LogP contribution in [-0.2, 0) is 4.79 Å². The summed E-state index contributed by atoms with van der Waals surface area (Å²) in [7, 11) is 0. The lowest BCUT2D eigenvalue weighted by Crippen LogP contribution is -2.54. The molecule has 1 unspecified atom stereocenters. The summed E-state index contributed by atoms with van der Waals surface area (Å²) < 4.78 is 0. The van der Waals surface area contributed by atoms with E-state index >= 15 is 0 Å². The van der Waals surface area contributed by atoms with Crippen molar-refractivity contribution in [3.8, 4) is 0 Å². The molecule has 2 heterocycles. The van der Waals surface area contributed by atoms with Gasteiger partial charge in [-0.15, -0.1) is 0 Å². The molecule has 0 radical (unpaired) electrons. The van der Waals surface area contributed by atoms with E-state index in [1.54, 1.807) is 0 Å². The molecule has 15 heavy (non-hydrogen) atoms. The average Bonchev–Trinajstić information content (AvgIpc) is 2.46. The summed E-state index contributed by atoms with van der Waals surface area (Å²) in [5, 5.41) is 3.19. The van der Waals surface area contributed by atoms with Crippen LogP contribution in [0.3, 0.4) is 0 Å². The summed E-state index contributed by atoms with van der Waals surface area (Å²) in [5.74, 6) is 1.57. The van der Waals surface area contributed by atoms with Crippen molar-refractivity contribution in [2.24, 2.45) is 11.8 Å². The highest BCUT2D eigenvalue weighted by molar-refractivity contribution is 5.80. The highest BCUT2D eigenvalue weighted by atomic mass is 16.2. The molecule has 3 fully saturated rings. The van der Waals surface area contributed by atoms with Gasteiger partial charge in [-0.2, -0.15) is 0 Å². The van der Waals surface area contributed by atoms with Gasteiger partial charge in [0.1, 0.15) is 0 Å². The van der Waals surface area contributed by atoms with Crippen LogP contribution >= 0.6 is 0 Å². The van der Waals surface area contributed by atoms with Crippen molar-refractivity contribution in [1.29, 1.82) is 0 Å². The van der Waals surface area contributed by atoms with Crippen molar-refractivity contribution >= 4 is 5.91 Å². The minimum absolute atomic E-state index is 0.297. The van der Waals surface area contributed by atoms with E-state index in [4.69, 9.17) is 0 Å². The van der Waals surface area contributed by atoms with Gasteiger partial charge in [-0.05, 0) is 31.6 Å². The molecule has 1 atom stereocenters. The van der Waals surface area contributed by atoms with Crippen LogP contribution in [0.25, 0.3) is 0 Å². The Bertz CT molecular complexity index is 258. The predicted molar refractivity (Wildman–Crippen MR) is 58.4 cm³/mol. The van der Waals surface area contributed by atoms with Crippen molar-refractivity contribution in [2.75, 3.05) is 19.6 Å². The van der Waals surface area contributed by atoms with Gasteiger partial charge in [-0.1, -0.05) is 6.42 Å². The van der Waals surface area contributed by atoms with Gasteiger partial charge in [0, 0.05) is 25.7 Å². The molecule has 84 valence electrons. The summed E-state index contributed by atoms with van der Waals surface area (Å²) in [4.78, 5) is 14.4. The first-order valence-corrected chi connectivity index (χ1v) is 6.37. The van der Waals surface area contributed by atoms with E-state index < -0.39 is 0 Å². The molecule has 3 rings (SSSR count). The second-order valence-electron chi connectivity index (χ2n) is 5.29. The van der Waals surface area contributed by atoms with Crippen LogP contribution in [0.5, 0.6) is 0 Å². The third-order valence-corrected chi connectivity index (χ3v) is 4.41. The Morgan fingerprint density at radius 3 is 2.47 bits per heavy atom. The predicted octanol–water partition coefficient (Wildman–Crippen LogP) is 0.997. The van der Waals surface area contributed by atoms with E-state index in [-0.39, 0.29) is 0 Å². The maximum atomic E-state index is 12.2. The minimum atomic E-state index is 0.297. The standard InChI is InChI=1S/C12H20N2O/c15-12(10-7-13-8-10)14-6-2-5-11(14)9-3-1-4-9/h9-11,13H,1-8H2. The zero-order valence-corrected chi connectivity index (χ0v) is 9.24. The molecule has 3 heteroatoms. The number of nitrogens with zero attached hydrogens (tertiary/aromatic N) is 1. The van der Waals surface area contributed by atoms with Gasteiger partial charge in [0.05, 0.1) is 5.92 Å². The summed E-state index contributed by atoms with van der Waals surface area (Å²) in [5.41, 5.74) is 0. The van der Waals surface area contributed by atoms with E-state index in [1.165, 1.54) is 32.1 Å². The number of nitrogens with one attached hydrogen (secondary N) is 1. The molecular formula is C12H20N2O. The lowest BCUT2D eigenvalue weighted by Gasteiger charge is -2.40. The summed E-state index contributed by atoms with van der Waals surface area (Å²) in [6.07, 6.45) is 6.59. The molecule has 1 aliphatic carbocycles. The molecule has 0 aromatic heterocycles. The maximum Gasteiger partial charge on any atom is 0.228 e. The molecule has 1 amide bonds. The summed E-state index contributed by atoms with van der Waals surface area (Å²) >= 11 is 0. The highest BCUT2D eigenvalue weighted by Gasteiger charge is 2.40. The molecule has 0 aromatic rings. The Kier molecular flexibility index (Phi) is 2.43. The third-order valence-electron chi connectivity index (χ3n) is 4.41. The summed E-state index contributed by atoms with van der Waals surface area (Å²) in [6.45, 7) is 2.84. The Hall–Kier alpha value is -0.570. The first-order valence-electron chi connectivity index (χ1n) is 6.37. The van der Waals surface area contributed by atoms with Crippen LogP contribution in [-0.4, -0.2) is 36.5 Å². The van der Waals surface area contributed by atoms with E-state index in [0.717, 1.165) is 25.6 Å². The molecule has 3 aliphatic rings. The van der Waals surface area contributed by atoms with Crippen molar-refractivity contribution < 1.29 is 4.79 Å². The fraction of sp³-hybridized carbons (Fsp3) is 0.917. The average molecular weight is 208 g/mol. The minimum Gasteiger partial charge on any atom is -0.339 e. The monoisotopic (exact) mass is 208 g/mol. The summed E-state index contributed by atoms with van der Waals surface area (Å²) in [6, 6.07) is 0.604. The number of likely N-dealkylation sites (tertiary alicyclic amines) is 1. The van der Waals surface area contributed by atoms with Crippen LogP contribution in [0, 0.1) is 11.8 Å². The Labute approximate surface area is 91.2 Å². The number of carbonyl (C=O) groups excluding carboxylic acids is 1. The highest BCUT2D eigenvalue weighted by Crippen LogP contribution is 2.37. The van der Waals surface area contributed by atoms with Crippen LogP contribution < -0.4 is 5.32 Å². The molecular weight excluding hydrogens is 188 g/mol. The molecule has 3 nitrogen and oxygen atoms in total. The first-order chi connectivity index (χ1) is 7.36. The number of rotatable bonds is 2. The number of hydrogen-bond acceptors (Lipinski definition) is 2. The number of carbonyl (C=O) groups is 1. The van der Waals surface area contributed by atoms with Crippen molar-refractivity contribution in [1.82, 2.24) is 10.2 Å². The topological polar surface area (TPSA) is 32.3 Å². The Morgan fingerprint density at radius 1 is 1.13 bits per heavy atom. The first kappa shape index (κ1) is 9.64. The van der Waals surface area contributed by atoms with Crippen molar-refractivity contribution in [2.45, 2.75) is 38.1 Å². The number of amides is 1. The van der Waals surface area contributed by atoms with Gasteiger partial charge in [-0.25, -0.2) is 0 Å². The second kappa shape index (κ2) is 3.78. The van der Waals surface area contributed by atoms with Crippen LogP contribution in [0.2, 0.25) is 0 Å². The molecule has 0 bridgehead atoms. The van der Waals surface area contributed by atoms with Crippen LogP contribution in [0.4, 0.5) is 0 Å². The SMILES string of the molecule is O=C(C1CNC1)N1CCCC1C1CCC1. The molecule has 2 aliphatic heterocycles. The van der Waals surface area contributed by atoms with E-state index in [9.17, 15) is 4.79 Å². The lowest BCUT2D eigenvalue weighted by atomic mass is 9.78. The molecule has 0 aromatic carbocycles. The quantitative estimate of drug-likeness (QED) is 0.734. The van der Waals surface area contributed by atoms with Crippen molar-refractivity contribution in [3.05, 3.63) is 0 Å². The fourth-order valence-corrected chi connectivity index (χ4v) is 3.08. The zero-order valence-electron chi connectivity index (χ0n) is 9.24.